The summed E-state index contributed by atoms with van der Waals surface area (Å²) < 4.78 is 10.3. The van der Waals surface area contributed by atoms with E-state index in [-0.39, 0.29) is 0 Å². The van der Waals surface area contributed by atoms with Crippen LogP contribution >= 0.6 is 0 Å². The van der Waals surface area contributed by atoms with Gasteiger partial charge < -0.3 is 9.47 Å². The Morgan fingerprint density at radius 2 is 1.69 bits per heavy atom. The molecule has 0 bridgehead atoms. The Hall–Kier alpha value is -2.10. The van der Waals surface area contributed by atoms with E-state index in [2.05, 4.69) is 10.2 Å². The topological polar surface area (TPSA) is 44.2 Å². The minimum atomic E-state index is 0.708. The average molecular weight is 216 g/mol. The number of benzene rings is 1. The fourth-order valence-corrected chi connectivity index (χ4v) is 1.43. The van der Waals surface area contributed by atoms with Gasteiger partial charge in [-0.25, -0.2) is 0 Å². The highest BCUT2D eigenvalue weighted by atomic mass is 16.5. The van der Waals surface area contributed by atoms with Crippen LogP contribution in [0.3, 0.4) is 0 Å². The number of hydrogen-bond acceptors (Lipinski definition) is 4. The molecule has 16 heavy (non-hydrogen) atoms. The van der Waals surface area contributed by atoms with Crippen LogP contribution in [0.2, 0.25) is 0 Å². The van der Waals surface area contributed by atoms with Gasteiger partial charge in [0.25, 0.3) is 0 Å². The second-order valence-electron chi connectivity index (χ2n) is 3.18. The first-order chi connectivity index (χ1) is 7.85. The monoisotopic (exact) mass is 216 g/mol. The summed E-state index contributed by atoms with van der Waals surface area (Å²) in [7, 11) is 3.25. The molecule has 0 aliphatic carbocycles. The minimum absolute atomic E-state index is 0.708. The number of nitrogens with zero attached hydrogens (tertiary/aromatic N) is 2. The average Bonchev–Trinajstić information content (AvgIpc) is 2.39. The number of aromatic nitrogens is 2. The molecule has 0 spiro atoms. The molecular formula is C12H12N2O2. The second-order valence-corrected chi connectivity index (χ2v) is 3.18. The molecule has 0 saturated heterocycles. The molecule has 2 rings (SSSR count). The zero-order valence-corrected chi connectivity index (χ0v) is 9.18. The molecule has 4 heteroatoms. The lowest BCUT2D eigenvalue weighted by molar-refractivity contribution is 0.412. The Morgan fingerprint density at radius 1 is 0.938 bits per heavy atom. The van der Waals surface area contributed by atoms with Crippen LogP contribution < -0.4 is 9.47 Å². The third-order valence-corrected chi connectivity index (χ3v) is 2.27. The molecular weight excluding hydrogens is 204 g/mol. The van der Waals surface area contributed by atoms with Gasteiger partial charge in [0.15, 0.2) is 0 Å². The lowest BCUT2D eigenvalue weighted by Gasteiger charge is -2.06. The maximum absolute atomic E-state index is 5.22. The molecule has 0 saturated carbocycles. The molecule has 0 fully saturated rings. The SMILES string of the molecule is COc1ccc(-c2nnccc2OC)cc1. The summed E-state index contributed by atoms with van der Waals surface area (Å²) in [4.78, 5) is 0. The third-order valence-electron chi connectivity index (χ3n) is 2.27. The fraction of sp³-hybridized carbons (Fsp3) is 0.167. The van der Waals surface area contributed by atoms with Crippen molar-refractivity contribution in [2.75, 3.05) is 14.2 Å². The van der Waals surface area contributed by atoms with Crippen molar-refractivity contribution in [3.63, 3.8) is 0 Å². The molecule has 0 atom stereocenters. The van der Waals surface area contributed by atoms with Gasteiger partial charge in [0, 0.05) is 11.6 Å². The molecule has 0 radical (unpaired) electrons. The second kappa shape index (κ2) is 4.61. The molecule has 2 aromatic rings. The predicted octanol–water partition coefficient (Wildman–Crippen LogP) is 2.16. The molecule has 1 aromatic heterocycles. The molecule has 0 amide bonds. The third kappa shape index (κ3) is 1.95. The van der Waals surface area contributed by atoms with Crippen molar-refractivity contribution < 1.29 is 9.47 Å². The van der Waals surface area contributed by atoms with Crippen molar-refractivity contribution in [3.05, 3.63) is 36.5 Å². The molecule has 82 valence electrons. The quantitative estimate of drug-likeness (QED) is 0.788. The first-order valence-corrected chi connectivity index (χ1v) is 4.85. The summed E-state index contributed by atoms with van der Waals surface area (Å²) in [6.45, 7) is 0. The van der Waals surface area contributed by atoms with E-state index in [1.54, 1.807) is 26.5 Å². The van der Waals surface area contributed by atoms with Gasteiger partial charge >= 0.3 is 0 Å². The highest BCUT2D eigenvalue weighted by Crippen LogP contribution is 2.27. The Bertz CT molecular complexity index is 469. The maximum Gasteiger partial charge on any atom is 0.148 e. The van der Waals surface area contributed by atoms with E-state index in [1.165, 1.54) is 0 Å². The summed E-state index contributed by atoms with van der Waals surface area (Å²) in [5, 5.41) is 7.91. The van der Waals surface area contributed by atoms with Crippen molar-refractivity contribution in [3.8, 4) is 22.8 Å². The molecule has 4 nitrogen and oxygen atoms in total. The van der Waals surface area contributed by atoms with Crippen molar-refractivity contribution >= 4 is 0 Å². The van der Waals surface area contributed by atoms with Gasteiger partial charge in [-0.05, 0) is 24.3 Å². The van der Waals surface area contributed by atoms with Crippen LogP contribution in [0.15, 0.2) is 36.5 Å². The molecule has 1 heterocycles. The Kier molecular flexibility index (Phi) is 3.00. The molecule has 0 unspecified atom stereocenters. The standard InChI is InChI=1S/C12H12N2O2/c1-15-10-5-3-9(4-6-10)12-11(16-2)7-8-13-14-12/h3-8H,1-2H3. The highest BCUT2D eigenvalue weighted by Gasteiger charge is 2.06. The molecule has 0 aliphatic heterocycles. The van der Waals surface area contributed by atoms with E-state index >= 15 is 0 Å². The molecule has 0 aliphatic rings. The number of rotatable bonds is 3. The van der Waals surface area contributed by atoms with Crippen LogP contribution in [-0.4, -0.2) is 24.4 Å². The predicted molar refractivity (Wildman–Crippen MR) is 60.6 cm³/mol. The van der Waals surface area contributed by atoms with Gasteiger partial charge in [-0.3, -0.25) is 0 Å². The van der Waals surface area contributed by atoms with Gasteiger partial charge in [-0.1, -0.05) is 0 Å². The van der Waals surface area contributed by atoms with E-state index in [0.717, 1.165) is 17.0 Å². The van der Waals surface area contributed by atoms with Gasteiger partial charge in [0.2, 0.25) is 0 Å². The summed E-state index contributed by atoms with van der Waals surface area (Å²) in [5.74, 6) is 1.52. The van der Waals surface area contributed by atoms with Crippen molar-refractivity contribution in [2.45, 2.75) is 0 Å². The van der Waals surface area contributed by atoms with E-state index < -0.39 is 0 Å². The van der Waals surface area contributed by atoms with E-state index in [4.69, 9.17) is 9.47 Å². The highest BCUT2D eigenvalue weighted by molar-refractivity contribution is 5.66. The van der Waals surface area contributed by atoms with E-state index in [1.807, 2.05) is 24.3 Å². The normalized spacial score (nSPS) is 9.88. The molecule has 1 aromatic carbocycles. The lowest BCUT2D eigenvalue weighted by Crippen LogP contribution is -1.93. The van der Waals surface area contributed by atoms with Crippen molar-refractivity contribution in [1.29, 1.82) is 0 Å². The van der Waals surface area contributed by atoms with Crippen LogP contribution in [-0.2, 0) is 0 Å². The first-order valence-electron chi connectivity index (χ1n) is 4.85. The summed E-state index contributed by atoms with van der Waals surface area (Å²) in [6, 6.07) is 9.39. The Morgan fingerprint density at radius 3 is 2.31 bits per heavy atom. The fourth-order valence-electron chi connectivity index (χ4n) is 1.43. The van der Waals surface area contributed by atoms with Crippen LogP contribution in [0.25, 0.3) is 11.3 Å². The Labute approximate surface area is 93.9 Å². The van der Waals surface area contributed by atoms with E-state index in [0.29, 0.717) is 5.75 Å². The lowest BCUT2D eigenvalue weighted by atomic mass is 10.1. The van der Waals surface area contributed by atoms with Gasteiger partial charge in [-0.2, -0.15) is 5.10 Å². The van der Waals surface area contributed by atoms with Crippen LogP contribution in [0, 0.1) is 0 Å². The number of hydrogen-bond donors (Lipinski definition) is 0. The zero-order valence-electron chi connectivity index (χ0n) is 9.18. The van der Waals surface area contributed by atoms with Gasteiger partial charge in [0.1, 0.15) is 17.2 Å². The summed E-state index contributed by atoms with van der Waals surface area (Å²) in [6.07, 6.45) is 1.60. The van der Waals surface area contributed by atoms with Crippen LogP contribution in [0.1, 0.15) is 0 Å². The largest absolute Gasteiger partial charge is 0.497 e. The first kappa shape index (κ1) is 10.4. The maximum atomic E-state index is 5.22. The smallest absolute Gasteiger partial charge is 0.148 e. The van der Waals surface area contributed by atoms with Crippen LogP contribution in [0.5, 0.6) is 11.5 Å². The zero-order chi connectivity index (χ0) is 11.4. The molecule has 0 N–H and O–H groups in total. The van der Waals surface area contributed by atoms with Gasteiger partial charge in [0.05, 0.1) is 20.4 Å². The van der Waals surface area contributed by atoms with Crippen LogP contribution in [0.4, 0.5) is 0 Å². The minimum Gasteiger partial charge on any atom is -0.497 e. The number of methoxy groups -OCH3 is 2. The van der Waals surface area contributed by atoms with Crippen molar-refractivity contribution in [1.82, 2.24) is 10.2 Å². The Balaban J connectivity index is 2.42. The summed E-state index contributed by atoms with van der Waals surface area (Å²) in [5.41, 5.74) is 1.68. The van der Waals surface area contributed by atoms with Gasteiger partial charge in [-0.15, -0.1) is 5.10 Å². The summed E-state index contributed by atoms with van der Waals surface area (Å²) >= 11 is 0. The van der Waals surface area contributed by atoms with Crippen molar-refractivity contribution in [2.24, 2.45) is 0 Å². The van der Waals surface area contributed by atoms with E-state index in [9.17, 15) is 0 Å². The number of ether oxygens (including phenoxy) is 2.